The lowest BCUT2D eigenvalue weighted by Crippen LogP contribution is -2.22. The fourth-order valence-corrected chi connectivity index (χ4v) is 4.57. The van der Waals surface area contributed by atoms with Crippen molar-refractivity contribution in [2.24, 2.45) is 0 Å². The summed E-state index contributed by atoms with van der Waals surface area (Å²) in [4.78, 5) is 17.4. The molecule has 7 heteroatoms. The average molecular weight is 440 g/mol. The number of aryl methyl sites for hydroxylation is 1. The second kappa shape index (κ2) is 8.80. The number of benzene rings is 3. The van der Waals surface area contributed by atoms with E-state index in [1.54, 1.807) is 28.7 Å². The van der Waals surface area contributed by atoms with Gasteiger partial charge in [-0.2, -0.15) is 0 Å². The molecule has 0 aliphatic carbocycles. The highest BCUT2D eigenvalue weighted by atomic mass is 32.2. The van der Waals surface area contributed by atoms with E-state index in [2.05, 4.69) is 46.4 Å². The molecule has 158 valence electrons. The number of nitrogens with zero attached hydrogens (tertiary/aromatic N) is 5. The number of fused-ring (bicyclic) bond motifs is 1. The van der Waals surface area contributed by atoms with Crippen molar-refractivity contribution in [3.8, 4) is 5.69 Å². The molecule has 5 aromatic rings. The van der Waals surface area contributed by atoms with Gasteiger partial charge in [-0.3, -0.25) is 13.9 Å². The van der Waals surface area contributed by atoms with Crippen LogP contribution >= 0.6 is 11.8 Å². The predicted molar refractivity (Wildman–Crippen MR) is 127 cm³/mol. The molecular formula is C25H21N5OS. The van der Waals surface area contributed by atoms with Gasteiger partial charge >= 0.3 is 0 Å². The Balaban J connectivity index is 1.51. The Bertz CT molecular complexity index is 1440. The molecule has 6 nitrogen and oxygen atoms in total. The number of thioether (sulfide) groups is 1. The van der Waals surface area contributed by atoms with Gasteiger partial charge in [-0.05, 0) is 36.8 Å². The maximum absolute atomic E-state index is 13.0. The summed E-state index contributed by atoms with van der Waals surface area (Å²) in [6, 6.07) is 25.8. The summed E-state index contributed by atoms with van der Waals surface area (Å²) in [5.74, 6) is 1.46. The smallest absolute Gasteiger partial charge is 0.261 e. The van der Waals surface area contributed by atoms with Gasteiger partial charge in [0.05, 0.1) is 23.8 Å². The molecule has 0 aliphatic heterocycles. The molecule has 0 saturated carbocycles. The van der Waals surface area contributed by atoms with Crippen LogP contribution in [0.5, 0.6) is 0 Å². The molecule has 0 unspecified atom stereocenters. The SMILES string of the molecule is Cc1cccc(CSc2nnc(Cn3cnc4ccccc4c3=O)n2-c2ccccc2)c1. The molecule has 0 atom stereocenters. The monoisotopic (exact) mass is 439 g/mol. The van der Waals surface area contributed by atoms with Gasteiger partial charge in [-0.15, -0.1) is 10.2 Å². The third-order valence-corrected chi connectivity index (χ3v) is 6.21. The van der Waals surface area contributed by atoms with E-state index in [9.17, 15) is 4.79 Å². The fraction of sp³-hybridized carbons (Fsp3) is 0.120. The van der Waals surface area contributed by atoms with Gasteiger partial charge in [0.2, 0.25) is 0 Å². The molecule has 0 bridgehead atoms. The second-order valence-corrected chi connectivity index (χ2v) is 8.48. The highest BCUT2D eigenvalue weighted by Crippen LogP contribution is 2.26. The lowest BCUT2D eigenvalue weighted by atomic mass is 10.2. The third kappa shape index (κ3) is 4.07. The Morgan fingerprint density at radius 1 is 0.906 bits per heavy atom. The number of aromatic nitrogens is 5. The predicted octanol–water partition coefficient (Wildman–Crippen LogP) is 4.63. The van der Waals surface area contributed by atoms with Crippen molar-refractivity contribution < 1.29 is 0 Å². The molecule has 0 N–H and O–H groups in total. The van der Waals surface area contributed by atoms with Crippen molar-refractivity contribution in [3.05, 3.63) is 112 Å². The Labute approximate surface area is 189 Å². The minimum atomic E-state index is -0.0906. The van der Waals surface area contributed by atoms with Crippen LogP contribution < -0.4 is 5.56 Å². The van der Waals surface area contributed by atoms with Crippen LogP contribution in [0.2, 0.25) is 0 Å². The van der Waals surface area contributed by atoms with E-state index >= 15 is 0 Å². The van der Waals surface area contributed by atoms with Crippen molar-refractivity contribution >= 4 is 22.7 Å². The van der Waals surface area contributed by atoms with Crippen molar-refractivity contribution in [2.75, 3.05) is 0 Å². The molecule has 5 rings (SSSR count). The number of hydrogen-bond acceptors (Lipinski definition) is 5. The van der Waals surface area contributed by atoms with E-state index in [0.717, 1.165) is 16.6 Å². The van der Waals surface area contributed by atoms with Gasteiger partial charge < -0.3 is 0 Å². The third-order valence-electron chi connectivity index (χ3n) is 5.21. The van der Waals surface area contributed by atoms with Gasteiger partial charge in [-0.1, -0.05) is 71.9 Å². The van der Waals surface area contributed by atoms with E-state index < -0.39 is 0 Å². The van der Waals surface area contributed by atoms with E-state index in [1.807, 2.05) is 53.1 Å². The number of para-hydroxylation sites is 2. The van der Waals surface area contributed by atoms with Crippen LogP contribution in [0.15, 0.2) is 95.1 Å². The summed E-state index contributed by atoms with van der Waals surface area (Å²) >= 11 is 1.63. The highest BCUT2D eigenvalue weighted by Gasteiger charge is 2.16. The quantitative estimate of drug-likeness (QED) is 0.361. The molecule has 0 spiro atoms. The molecule has 32 heavy (non-hydrogen) atoms. The normalized spacial score (nSPS) is 11.2. The van der Waals surface area contributed by atoms with Crippen molar-refractivity contribution in [1.82, 2.24) is 24.3 Å². The van der Waals surface area contributed by atoms with Crippen molar-refractivity contribution in [1.29, 1.82) is 0 Å². The largest absolute Gasteiger partial charge is 0.291 e. The topological polar surface area (TPSA) is 65.6 Å². The molecule has 3 aromatic carbocycles. The lowest BCUT2D eigenvalue weighted by molar-refractivity contribution is 0.685. The van der Waals surface area contributed by atoms with Crippen molar-refractivity contribution in [2.45, 2.75) is 24.4 Å². The zero-order chi connectivity index (χ0) is 21.9. The lowest BCUT2D eigenvalue weighted by Gasteiger charge is -2.11. The first kappa shape index (κ1) is 20.2. The summed E-state index contributed by atoms with van der Waals surface area (Å²) in [5, 5.41) is 10.3. The van der Waals surface area contributed by atoms with Gasteiger partial charge in [0.1, 0.15) is 0 Å². The summed E-state index contributed by atoms with van der Waals surface area (Å²) < 4.78 is 3.60. The summed E-state index contributed by atoms with van der Waals surface area (Å²) in [6.45, 7) is 2.37. The highest BCUT2D eigenvalue weighted by molar-refractivity contribution is 7.98. The fourth-order valence-electron chi connectivity index (χ4n) is 3.65. The molecule has 0 aliphatic rings. The van der Waals surface area contributed by atoms with E-state index in [1.165, 1.54) is 11.1 Å². The van der Waals surface area contributed by atoms with Crippen LogP contribution in [-0.2, 0) is 12.3 Å². The summed E-state index contributed by atoms with van der Waals surface area (Å²) in [5.41, 5.74) is 4.02. The minimum Gasteiger partial charge on any atom is -0.291 e. The molecule has 0 saturated heterocycles. The van der Waals surface area contributed by atoms with Gasteiger partial charge in [0.25, 0.3) is 5.56 Å². The van der Waals surface area contributed by atoms with E-state index in [4.69, 9.17) is 0 Å². The summed E-state index contributed by atoms with van der Waals surface area (Å²) in [7, 11) is 0. The van der Waals surface area contributed by atoms with E-state index in [-0.39, 0.29) is 12.1 Å². The van der Waals surface area contributed by atoms with Crippen LogP contribution in [0.25, 0.3) is 16.6 Å². The Morgan fingerprint density at radius 3 is 2.56 bits per heavy atom. The standard InChI is InChI=1S/C25H21N5OS/c1-18-8-7-9-19(14-18)16-32-25-28-27-23(30(25)20-10-3-2-4-11-20)15-29-17-26-22-13-6-5-12-21(22)24(29)31/h2-14,17H,15-16H2,1H3. The number of rotatable bonds is 6. The zero-order valence-corrected chi connectivity index (χ0v) is 18.4. The Kier molecular flexibility index (Phi) is 5.56. The van der Waals surface area contributed by atoms with E-state index in [0.29, 0.717) is 16.7 Å². The number of hydrogen-bond donors (Lipinski definition) is 0. The van der Waals surface area contributed by atoms with Gasteiger partial charge in [0, 0.05) is 11.4 Å². The van der Waals surface area contributed by atoms with Crippen LogP contribution in [0.4, 0.5) is 0 Å². The Morgan fingerprint density at radius 2 is 1.72 bits per heavy atom. The second-order valence-electron chi connectivity index (χ2n) is 7.54. The van der Waals surface area contributed by atoms with Gasteiger partial charge in [-0.25, -0.2) is 4.98 Å². The van der Waals surface area contributed by atoms with Crippen LogP contribution in [-0.4, -0.2) is 24.3 Å². The molecule has 2 heterocycles. The summed E-state index contributed by atoms with van der Waals surface area (Å²) in [6.07, 6.45) is 1.58. The molecule has 0 radical (unpaired) electrons. The van der Waals surface area contributed by atoms with Crippen LogP contribution in [0.1, 0.15) is 17.0 Å². The first-order valence-electron chi connectivity index (χ1n) is 10.3. The molecule has 0 amide bonds. The molecular weight excluding hydrogens is 418 g/mol. The zero-order valence-electron chi connectivity index (χ0n) is 17.5. The first-order chi connectivity index (χ1) is 15.7. The molecule has 2 aromatic heterocycles. The molecule has 0 fully saturated rings. The van der Waals surface area contributed by atoms with Crippen molar-refractivity contribution in [3.63, 3.8) is 0 Å². The average Bonchev–Trinajstić information content (AvgIpc) is 3.23. The minimum absolute atomic E-state index is 0.0906. The van der Waals surface area contributed by atoms with Gasteiger partial charge in [0.15, 0.2) is 11.0 Å². The van der Waals surface area contributed by atoms with Crippen LogP contribution in [0.3, 0.4) is 0 Å². The maximum Gasteiger partial charge on any atom is 0.261 e. The first-order valence-corrected chi connectivity index (χ1v) is 11.3. The van der Waals surface area contributed by atoms with Crippen LogP contribution in [0, 0.1) is 6.92 Å². The Hall–Kier alpha value is -3.71. The maximum atomic E-state index is 13.0.